The number of aliphatic carboxylic acids is 1. The molecular weight excluding hydrogens is 995 g/mol. The van der Waals surface area contributed by atoms with Crippen molar-refractivity contribution in [1.29, 1.82) is 0 Å². The molecule has 0 N–H and O–H groups in total. The largest absolute Gasteiger partial charge is 0.545 e. The number of unbranched alkanes of at least 4 members (excludes halogenated alkanes) is 20. The number of allylic oxidation sites excluding steroid dienone is 22. The second-order valence-electron chi connectivity index (χ2n) is 22.0. The zero-order valence-corrected chi connectivity index (χ0v) is 51.6. The van der Waals surface area contributed by atoms with E-state index in [0.717, 1.165) is 109 Å². The van der Waals surface area contributed by atoms with Crippen molar-refractivity contribution in [2.75, 3.05) is 47.5 Å². The number of ether oxygens (including phenoxy) is 4. The number of nitrogens with zero attached hydrogens (tertiary/aromatic N) is 1. The van der Waals surface area contributed by atoms with Gasteiger partial charge >= 0.3 is 11.9 Å². The zero-order chi connectivity index (χ0) is 58.3. The normalized spacial score (nSPS) is 13.7. The number of esters is 2. The van der Waals surface area contributed by atoms with Gasteiger partial charge in [0.15, 0.2) is 12.4 Å². The van der Waals surface area contributed by atoms with Crippen molar-refractivity contribution in [3.63, 3.8) is 0 Å². The molecule has 0 saturated heterocycles. The summed E-state index contributed by atoms with van der Waals surface area (Å²) in [7, 11) is 5.90. The van der Waals surface area contributed by atoms with Crippen LogP contribution in [0.2, 0.25) is 0 Å². The summed E-state index contributed by atoms with van der Waals surface area (Å²) in [4.78, 5) is 37.3. The Bertz CT molecular complexity index is 1770. The lowest BCUT2D eigenvalue weighted by atomic mass is 10.0. The molecule has 9 heteroatoms. The van der Waals surface area contributed by atoms with Gasteiger partial charge in [-0.05, 0) is 96.3 Å². The van der Waals surface area contributed by atoms with Crippen LogP contribution in [0.3, 0.4) is 0 Å². The molecular formula is C71H117NO8. The molecule has 0 aliphatic heterocycles. The Kier molecular flexibility index (Phi) is 57.1. The molecule has 0 rings (SSSR count). The molecule has 0 bridgehead atoms. The zero-order valence-electron chi connectivity index (χ0n) is 51.6. The number of hydrogen-bond donors (Lipinski definition) is 0. The summed E-state index contributed by atoms with van der Waals surface area (Å²) >= 11 is 0. The summed E-state index contributed by atoms with van der Waals surface area (Å²) in [6.45, 7) is 4.60. The first-order chi connectivity index (χ1) is 39.1. The van der Waals surface area contributed by atoms with Gasteiger partial charge in [0.25, 0.3) is 0 Å². The summed E-state index contributed by atoms with van der Waals surface area (Å²) in [5.74, 6) is -2.33. The number of carboxylic acid groups (broad SMARTS) is 1. The molecule has 0 aromatic carbocycles. The fourth-order valence-electron chi connectivity index (χ4n) is 8.31. The molecule has 0 amide bonds. The second-order valence-corrected chi connectivity index (χ2v) is 22.0. The van der Waals surface area contributed by atoms with Crippen LogP contribution in [-0.2, 0) is 33.3 Å². The summed E-state index contributed by atoms with van der Waals surface area (Å²) < 4.78 is 22.7. The van der Waals surface area contributed by atoms with E-state index in [4.69, 9.17) is 18.9 Å². The molecule has 454 valence electrons. The first-order valence-corrected chi connectivity index (χ1v) is 31.8. The quantitative estimate of drug-likeness (QED) is 0.0195. The van der Waals surface area contributed by atoms with Crippen molar-refractivity contribution >= 4 is 17.9 Å². The summed E-state index contributed by atoms with van der Waals surface area (Å²) in [5, 5.41) is 11.8. The fourth-order valence-corrected chi connectivity index (χ4v) is 8.31. The molecule has 0 saturated carbocycles. The molecule has 0 heterocycles. The Morgan fingerprint density at radius 1 is 0.388 bits per heavy atom. The fraction of sp³-hybridized carbons (Fsp3) is 0.648. The highest BCUT2D eigenvalue weighted by atomic mass is 16.7. The third-order valence-electron chi connectivity index (χ3n) is 13.2. The molecule has 0 aliphatic rings. The molecule has 0 fully saturated rings. The number of likely N-dealkylation sites (N-methyl/N-ethyl adjacent to an activating group) is 1. The molecule has 0 radical (unpaired) electrons. The van der Waals surface area contributed by atoms with Gasteiger partial charge in [-0.2, -0.15) is 0 Å². The summed E-state index contributed by atoms with van der Waals surface area (Å²) in [5.41, 5.74) is 0. The highest BCUT2D eigenvalue weighted by Crippen LogP contribution is 2.16. The van der Waals surface area contributed by atoms with Crippen LogP contribution in [0.25, 0.3) is 0 Å². The maximum Gasteiger partial charge on any atom is 0.306 e. The molecule has 2 unspecified atom stereocenters. The van der Waals surface area contributed by atoms with Crippen molar-refractivity contribution in [3.8, 4) is 0 Å². The van der Waals surface area contributed by atoms with Crippen LogP contribution >= 0.6 is 0 Å². The number of carboxylic acids is 1. The van der Waals surface area contributed by atoms with E-state index in [2.05, 4.69) is 148 Å². The molecule has 0 spiro atoms. The first-order valence-electron chi connectivity index (χ1n) is 31.8. The maximum absolute atomic E-state index is 12.9. The van der Waals surface area contributed by atoms with Crippen molar-refractivity contribution in [2.45, 2.75) is 251 Å². The van der Waals surface area contributed by atoms with Gasteiger partial charge in [-0.1, -0.05) is 263 Å². The van der Waals surface area contributed by atoms with Gasteiger partial charge in [0.1, 0.15) is 13.2 Å². The minimum Gasteiger partial charge on any atom is -0.545 e. The van der Waals surface area contributed by atoms with E-state index in [1.807, 2.05) is 21.1 Å². The number of carbonyl (C=O) groups excluding carboxylic acids is 3. The van der Waals surface area contributed by atoms with Crippen LogP contribution in [0.5, 0.6) is 0 Å². The lowest BCUT2D eigenvalue weighted by Crippen LogP contribution is -2.44. The molecule has 0 aromatic rings. The van der Waals surface area contributed by atoms with E-state index in [0.29, 0.717) is 17.4 Å². The number of hydrogen-bond acceptors (Lipinski definition) is 8. The van der Waals surface area contributed by atoms with Crippen molar-refractivity contribution in [1.82, 2.24) is 0 Å². The smallest absolute Gasteiger partial charge is 0.306 e. The van der Waals surface area contributed by atoms with Crippen LogP contribution in [0.1, 0.15) is 239 Å². The Labute approximate surface area is 490 Å². The minimum absolute atomic E-state index is 0.135. The molecule has 0 aliphatic carbocycles. The SMILES string of the molecule is CC/C=C\C/C=C\C/C=C\C/C=C\C/C=C\C/C=C\C/C=C\C/C=C\C/C=C\C/C=C\C/C=C\CCCCCC(=O)OC(COC(=O)CCCCCCCCCCCCCCCCCCCC)COC(OCC[N+](C)(C)C)C(=O)[O-]. The monoisotopic (exact) mass is 1110 g/mol. The molecule has 2 atom stereocenters. The Hall–Kier alpha value is -4.57. The highest BCUT2D eigenvalue weighted by molar-refractivity contribution is 5.70. The van der Waals surface area contributed by atoms with Gasteiger partial charge in [0, 0.05) is 12.8 Å². The summed E-state index contributed by atoms with van der Waals surface area (Å²) in [6, 6.07) is 0. The van der Waals surface area contributed by atoms with Gasteiger partial charge in [0.2, 0.25) is 0 Å². The van der Waals surface area contributed by atoms with Gasteiger partial charge in [-0.25, -0.2) is 0 Å². The Morgan fingerprint density at radius 3 is 1.06 bits per heavy atom. The third kappa shape index (κ3) is 61.1. The van der Waals surface area contributed by atoms with Crippen LogP contribution < -0.4 is 5.11 Å². The van der Waals surface area contributed by atoms with Crippen molar-refractivity contribution in [2.24, 2.45) is 0 Å². The van der Waals surface area contributed by atoms with Gasteiger partial charge in [-0.15, -0.1) is 0 Å². The first kappa shape index (κ1) is 75.4. The van der Waals surface area contributed by atoms with E-state index in [1.54, 1.807) is 0 Å². The topological polar surface area (TPSA) is 111 Å². The predicted octanol–water partition coefficient (Wildman–Crippen LogP) is 18.1. The van der Waals surface area contributed by atoms with E-state index >= 15 is 0 Å². The number of carbonyl (C=O) groups is 3. The lowest BCUT2D eigenvalue weighted by Gasteiger charge is -2.26. The van der Waals surface area contributed by atoms with Crippen LogP contribution in [-0.4, -0.2) is 82.3 Å². The van der Waals surface area contributed by atoms with E-state index in [9.17, 15) is 19.5 Å². The lowest BCUT2D eigenvalue weighted by molar-refractivity contribution is -0.870. The maximum atomic E-state index is 12.9. The predicted molar refractivity (Wildman–Crippen MR) is 338 cm³/mol. The van der Waals surface area contributed by atoms with Crippen molar-refractivity contribution < 1.29 is 42.9 Å². The van der Waals surface area contributed by atoms with Crippen LogP contribution in [0, 0.1) is 0 Å². The van der Waals surface area contributed by atoms with Gasteiger partial charge in [-0.3, -0.25) is 9.59 Å². The molecule has 0 aromatic heterocycles. The standard InChI is InChI=1S/C71H117NO8/c1-6-8-10-12-14-16-18-20-22-24-26-27-28-29-30-31-32-33-34-35-36-37-38-39-40-41-42-43-44-46-48-50-52-54-56-58-60-62-69(74)80-67(66-79-71(70(75)76)77-64-63-72(3,4)5)65-78-68(73)61-59-57-55-53-51-49-47-45-25-23-21-19-17-15-13-11-9-7-2/h8,10,14,16,20,22,26-27,29-30,32-33,35-36,38-39,41-42,44,46,50,52,67,71H,6-7,9,11-13,15,17-19,21,23-25,28,31,34,37,40,43,45,47-49,51,53-66H2,1-5H3/b10-8-,16-14-,22-20-,27-26-,30-29-,33-32-,36-35-,39-38-,42-41-,46-44-,52-50-. The Morgan fingerprint density at radius 2 is 0.713 bits per heavy atom. The van der Waals surface area contributed by atoms with Crippen molar-refractivity contribution in [3.05, 3.63) is 134 Å². The second kappa shape index (κ2) is 60.5. The van der Waals surface area contributed by atoms with Crippen LogP contribution in [0.15, 0.2) is 134 Å². The third-order valence-corrected chi connectivity index (χ3v) is 13.2. The van der Waals surface area contributed by atoms with E-state index in [1.165, 1.54) is 96.3 Å². The number of rotatable bonds is 57. The summed E-state index contributed by atoms with van der Waals surface area (Å²) in [6.07, 6.45) is 83.7. The molecule has 80 heavy (non-hydrogen) atoms. The minimum atomic E-state index is -1.64. The van der Waals surface area contributed by atoms with Gasteiger partial charge in [0.05, 0.1) is 40.3 Å². The van der Waals surface area contributed by atoms with Gasteiger partial charge < -0.3 is 33.3 Å². The molecule has 9 nitrogen and oxygen atoms in total. The van der Waals surface area contributed by atoms with Crippen LogP contribution in [0.4, 0.5) is 0 Å². The highest BCUT2D eigenvalue weighted by Gasteiger charge is 2.22. The van der Waals surface area contributed by atoms with E-state index in [-0.39, 0.29) is 38.6 Å². The average molecular weight is 1110 g/mol. The Balaban J connectivity index is 4.29. The van der Waals surface area contributed by atoms with E-state index < -0.39 is 24.3 Å². The number of quaternary nitrogens is 1. The average Bonchev–Trinajstić information content (AvgIpc) is 3.43.